The Hall–Kier alpha value is -1.07. The van der Waals surface area contributed by atoms with Gasteiger partial charge in [-0.2, -0.15) is 4.98 Å². The molecule has 0 bridgehead atoms. The van der Waals surface area contributed by atoms with Crippen molar-refractivity contribution in [1.29, 1.82) is 0 Å². The van der Waals surface area contributed by atoms with Crippen LogP contribution >= 0.6 is 11.6 Å². The van der Waals surface area contributed by atoms with Crippen LogP contribution in [0.5, 0.6) is 0 Å². The summed E-state index contributed by atoms with van der Waals surface area (Å²) < 4.78 is 0. The van der Waals surface area contributed by atoms with Gasteiger partial charge in [0, 0.05) is 6.54 Å². The minimum atomic E-state index is 0.373. The summed E-state index contributed by atoms with van der Waals surface area (Å²) in [4.78, 5) is 8.08. The van der Waals surface area contributed by atoms with Gasteiger partial charge in [0.05, 0.1) is 6.20 Å². The molecule has 1 heterocycles. The van der Waals surface area contributed by atoms with Crippen molar-refractivity contribution in [3.63, 3.8) is 0 Å². The zero-order chi connectivity index (χ0) is 11.4. The third-order valence-corrected chi connectivity index (χ3v) is 3.18. The molecule has 0 unspecified atom stereocenters. The van der Waals surface area contributed by atoms with Gasteiger partial charge in [-0.1, -0.05) is 24.4 Å². The predicted octanol–water partition coefficient (Wildman–Crippen LogP) is 2.02. The smallest absolute Gasteiger partial charge is 0.239 e. The number of hydrogen-bond acceptors (Lipinski definition) is 5. The zero-order valence-electron chi connectivity index (χ0n) is 9.04. The maximum Gasteiger partial charge on any atom is 0.239 e. The predicted molar refractivity (Wildman–Crippen MR) is 65.3 cm³/mol. The number of nitrogens with two attached hydrogens (primary N) is 1. The van der Waals surface area contributed by atoms with Crippen LogP contribution < -0.4 is 16.6 Å². The SMILES string of the molecule is NNc1ncc(Cl)c(NCC2CCCC2)n1. The molecular weight excluding hydrogens is 226 g/mol. The van der Waals surface area contributed by atoms with Gasteiger partial charge in [-0.25, -0.2) is 10.8 Å². The van der Waals surface area contributed by atoms with Crippen LogP contribution in [0.4, 0.5) is 11.8 Å². The van der Waals surface area contributed by atoms with Crippen LogP contribution in [0.2, 0.25) is 5.02 Å². The molecule has 0 radical (unpaired) electrons. The Labute approximate surface area is 99.8 Å². The summed E-state index contributed by atoms with van der Waals surface area (Å²) in [7, 11) is 0. The zero-order valence-corrected chi connectivity index (χ0v) is 9.80. The molecule has 88 valence electrons. The second kappa shape index (κ2) is 5.32. The van der Waals surface area contributed by atoms with E-state index in [2.05, 4.69) is 20.7 Å². The molecule has 0 amide bonds. The fraction of sp³-hybridized carbons (Fsp3) is 0.600. The fourth-order valence-corrected chi connectivity index (χ4v) is 2.17. The van der Waals surface area contributed by atoms with E-state index in [1.54, 1.807) is 6.20 Å². The molecule has 1 aliphatic rings. The summed E-state index contributed by atoms with van der Waals surface area (Å²) in [5.41, 5.74) is 2.40. The van der Waals surface area contributed by atoms with E-state index in [-0.39, 0.29) is 0 Å². The molecule has 1 fully saturated rings. The van der Waals surface area contributed by atoms with Crippen molar-refractivity contribution in [2.24, 2.45) is 11.8 Å². The highest BCUT2D eigenvalue weighted by atomic mass is 35.5. The first-order valence-corrected chi connectivity index (χ1v) is 5.90. The van der Waals surface area contributed by atoms with Crippen LogP contribution in [0, 0.1) is 5.92 Å². The number of halogens is 1. The fourth-order valence-electron chi connectivity index (χ4n) is 2.02. The number of nitrogens with zero attached hydrogens (tertiary/aromatic N) is 2. The van der Waals surface area contributed by atoms with Gasteiger partial charge in [0.2, 0.25) is 5.95 Å². The van der Waals surface area contributed by atoms with Crippen molar-refractivity contribution in [3.8, 4) is 0 Å². The quantitative estimate of drug-likeness (QED) is 0.555. The van der Waals surface area contributed by atoms with Crippen LogP contribution in [0.25, 0.3) is 0 Å². The van der Waals surface area contributed by atoms with E-state index in [9.17, 15) is 0 Å². The second-order valence-corrected chi connectivity index (χ2v) is 4.47. The van der Waals surface area contributed by atoms with Crippen molar-refractivity contribution in [2.75, 3.05) is 17.3 Å². The van der Waals surface area contributed by atoms with E-state index in [1.165, 1.54) is 25.7 Å². The Morgan fingerprint density at radius 2 is 2.19 bits per heavy atom. The van der Waals surface area contributed by atoms with Crippen molar-refractivity contribution in [2.45, 2.75) is 25.7 Å². The number of nitrogen functional groups attached to an aromatic ring is 1. The molecule has 4 N–H and O–H groups in total. The Morgan fingerprint density at radius 1 is 1.44 bits per heavy atom. The minimum absolute atomic E-state index is 0.373. The minimum Gasteiger partial charge on any atom is -0.368 e. The maximum atomic E-state index is 5.98. The number of aromatic nitrogens is 2. The van der Waals surface area contributed by atoms with Crippen LogP contribution in [0.1, 0.15) is 25.7 Å². The van der Waals surface area contributed by atoms with E-state index < -0.39 is 0 Å². The van der Waals surface area contributed by atoms with Crippen LogP contribution in [0.15, 0.2) is 6.20 Å². The van der Waals surface area contributed by atoms with Gasteiger partial charge in [0.25, 0.3) is 0 Å². The summed E-state index contributed by atoms with van der Waals surface area (Å²) in [6, 6.07) is 0. The van der Waals surface area contributed by atoms with Crippen molar-refractivity contribution < 1.29 is 0 Å². The van der Waals surface area contributed by atoms with Gasteiger partial charge in [-0.05, 0) is 18.8 Å². The Balaban J connectivity index is 1.96. The third kappa shape index (κ3) is 2.74. The number of nitrogens with one attached hydrogen (secondary N) is 2. The van der Waals surface area contributed by atoms with Crippen molar-refractivity contribution in [3.05, 3.63) is 11.2 Å². The molecule has 6 heteroatoms. The first-order valence-electron chi connectivity index (χ1n) is 5.52. The molecule has 1 aliphatic carbocycles. The van der Waals surface area contributed by atoms with Gasteiger partial charge in [-0.3, -0.25) is 5.43 Å². The highest BCUT2D eigenvalue weighted by Crippen LogP contribution is 2.26. The van der Waals surface area contributed by atoms with E-state index >= 15 is 0 Å². The largest absolute Gasteiger partial charge is 0.368 e. The van der Waals surface area contributed by atoms with Crippen LogP contribution in [0.3, 0.4) is 0 Å². The molecule has 1 aromatic heterocycles. The van der Waals surface area contributed by atoms with Gasteiger partial charge in [0.15, 0.2) is 5.82 Å². The van der Waals surface area contributed by atoms with Crippen LogP contribution in [-0.2, 0) is 0 Å². The van der Waals surface area contributed by atoms with E-state index in [0.29, 0.717) is 16.8 Å². The first-order chi connectivity index (χ1) is 7.79. The average molecular weight is 242 g/mol. The number of rotatable bonds is 4. The summed E-state index contributed by atoms with van der Waals surface area (Å²) in [5.74, 6) is 7.00. The summed E-state index contributed by atoms with van der Waals surface area (Å²) in [5, 5.41) is 3.78. The summed E-state index contributed by atoms with van der Waals surface area (Å²) in [6.45, 7) is 0.917. The monoisotopic (exact) mass is 241 g/mol. The molecule has 0 spiro atoms. The number of hydrazine groups is 1. The second-order valence-electron chi connectivity index (χ2n) is 4.07. The van der Waals surface area contributed by atoms with Gasteiger partial charge >= 0.3 is 0 Å². The normalized spacial score (nSPS) is 16.4. The maximum absolute atomic E-state index is 5.98. The molecule has 0 aromatic carbocycles. The van der Waals surface area contributed by atoms with Gasteiger partial charge in [-0.15, -0.1) is 0 Å². The molecule has 0 atom stereocenters. The molecule has 1 aromatic rings. The Kier molecular flexibility index (Phi) is 3.79. The van der Waals surface area contributed by atoms with E-state index in [0.717, 1.165) is 12.5 Å². The molecule has 0 aliphatic heterocycles. The van der Waals surface area contributed by atoms with Crippen LogP contribution in [-0.4, -0.2) is 16.5 Å². The molecule has 0 saturated heterocycles. The molecular formula is C10H16ClN5. The molecule has 1 saturated carbocycles. The average Bonchev–Trinajstić information content (AvgIpc) is 2.81. The van der Waals surface area contributed by atoms with Crippen molar-refractivity contribution in [1.82, 2.24) is 9.97 Å². The third-order valence-electron chi connectivity index (χ3n) is 2.91. The number of anilines is 2. The lowest BCUT2D eigenvalue weighted by Crippen LogP contribution is -2.15. The number of hydrogen-bond donors (Lipinski definition) is 3. The van der Waals surface area contributed by atoms with E-state index in [1.807, 2.05) is 0 Å². The molecule has 5 nitrogen and oxygen atoms in total. The van der Waals surface area contributed by atoms with Gasteiger partial charge < -0.3 is 5.32 Å². The topological polar surface area (TPSA) is 75.9 Å². The van der Waals surface area contributed by atoms with Crippen molar-refractivity contribution >= 4 is 23.4 Å². The first kappa shape index (κ1) is 11.4. The molecule has 2 rings (SSSR count). The standard InChI is InChI=1S/C10H16ClN5/c11-8-6-14-10(16-12)15-9(8)13-5-7-3-1-2-4-7/h6-7H,1-5,12H2,(H2,13,14,15,16). The Bertz CT molecular complexity index is 351. The summed E-state index contributed by atoms with van der Waals surface area (Å²) >= 11 is 5.98. The lowest BCUT2D eigenvalue weighted by atomic mass is 10.1. The highest BCUT2D eigenvalue weighted by Gasteiger charge is 2.15. The summed E-state index contributed by atoms with van der Waals surface area (Å²) in [6.07, 6.45) is 6.79. The van der Waals surface area contributed by atoms with E-state index in [4.69, 9.17) is 17.4 Å². The Morgan fingerprint density at radius 3 is 2.88 bits per heavy atom. The lowest BCUT2D eigenvalue weighted by Gasteiger charge is -2.12. The van der Waals surface area contributed by atoms with Gasteiger partial charge in [0.1, 0.15) is 5.02 Å². The highest BCUT2D eigenvalue weighted by molar-refractivity contribution is 6.32. The molecule has 16 heavy (non-hydrogen) atoms. The lowest BCUT2D eigenvalue weighted by molar-refractivity contribution is 0.579.